The third-order valence-electron chi connectivity index (χ3n) is 1.55. The van der Waals surface area contributed by atoms with E-state index in [9.17, 15) is 9.59 Å². The molecule has 0 spiro atoms. The fraction of sp³-hybridized carbons (Fsp3) is 0.364. The first kappa shape index (κ1) is 14.1. The Morgan fingerprint density at radius 1 is 1.56 bits per heavy atom. The predicted molar refractivity (Wildman–Crippen MR) is 59.9 cm³/mol. The van der Waals surface area contributed by atoms with Crippen molar-refractivity contribution in [1.29, 1.82) is 0 Å². The van der Waals surface area contributed by atoms with Crippen molar-refractivity contribution in [2.24, 2.45) is 0 Å². The first-order chi connectivity index (χ1) is 7.63. The topological polar surface area (TPSA) is 59.5 Å². The molecular weight excluding hydrogens is 208 g/mol. The van der Waals surface area contributed by atoms with Crippen molar-refractivity contribution in [3.8, 4) is 0 Å². The van der Waals surface area contributed by atoms with Gasteiger partial charge >= 0.3 is 0 Å². The van der Waals surface area contributed by atoms with Gasteiger partial charge in [-0.15, -0.1) is 0 Å². The summed E-state index contributed by atoms with van der Waals surface area (Å²) in [6.45, 7) is 2.66. The van der Waals surface area contributed by atoms with Crippen LogP contribution in [0, 0.1) is 0 Å². The van der Waals surface area contributed by atoms with Crippen molar-refractivity contribution < 1.29 is 14.3 Å². The van der Waals surface area contributed by atoms with Gasteiger partial charge in [0.05, 0.1) is 12.2 Å². The Labute approximate surface area is 95.0 Å². The van der Waals surface area contributed by atoms with Gasteiger partial charge in [-0.3, -0.25) is 14.6 Å². The van der Waals surface area contributed by atoms with E-state index in [0.29, 0.717) is 18.6 Å². The molecule has 0 fully saturated rings. The van der Waals surface area contributed by atoms with E-state index in [1.807, 2.05) is 0 Å². The van der Waals surface area contributed by atoms with Gasteiger partial charge in [0.25, 0.3) is 12.4 Å². The zero-order valence-electron chi connectivity index (χ0n) is 9.71. The second kappa shape index (κ2) is 8.40. The summed E-state index contributed by atoms with van der Waals surface area (Å²) in [6.07, 6.45) is 3.20. The van der Waals surface area contributed by atoms with Crippen LogP contribution in [-0.2, 0) is 9.53 Å². The Morgan fingerprint density at radius 2 is 2.25 bits per heavy atom. The molecule has 88 valence electrons. The van der Waals surface area contributed by atoms with Gasteiger partial charge in [-0.25, -0.2) is 0 Å². The molecule has 1 aromatic rings. The van der Waals surface area contributed by atoms with E-state index in [2.05, 4.69) is 9.72 Å². The molecule has 0 aliphatic carbocycles. The van der Waals surface area contributed by atoms with Gasteiger partial charge in [-0.2, -0.15) is 0 Å². The molecule has 0 aromatic carbocycles. The molecule has 1 aromatic heterocycles. The van der Waals surface area contributed by atoms with Crippen molar-refractivity contribution in [3.05, 3.63) is 30.1 Å². The SMILES string of the molecule is CCOC=O.CN(C)C(=O)c1cccnc1. The minimum Gasteiger partial charge on any atom is -0.468 e. The van der Waals surface area contributed by atoms with Gasteiger partial charge in [0.1, 0.15) is 0 Å². The second-order valence-electron chi connectivity index (χ2n) is 2.99. The first-order valence-corrected chi connectivity index (χ1v) is 4.80. The van der Waals surface area contributed by atoms with Crippen LogP contribution in [0.4, 0.5) is 0 Å². The fourth-order valence-corrected chi connectivity index (χ4v) is 0.816. The van der Waals surface area contributed by atoms with Gasteiger partial charge < -0.3 is 9.64 Å². The number of carbonyl (C=O) groups excluding carboxylic acids is 2. The molecular formula is C11H16N2O3. The third-order valence-corrected chi connectivity index (χ3v) is 1.55. The van der Waals surface area contributed by atoms with Crippen LogP contribution >= 0.6 is 0 Å². The molecule has 1 heterocycles. The number of aromatic nitrogens is 1. The monoisotopic (exact) mass is 224 g/mol. The highest BCUT2D eigenvalue weighted by Gasteiger charge is 2.05. The van der Waals surface area contributed by atoms with Crippen LogP contribution in [-0.4, -0.2) is 43.0 Å². The van der Waals surface area contributed by atoms with Gasteiger partial charge in [0.15, 0.2) is 0 Å². The van der Waals surface area contributed by atoms with Crippen molar-refractivity contribution in [3.63, 3.8) is 0 Å². The van der Waals surface area contributed by atoms with E-state index in [-0.39, 0.29) is 5.91 Å². The predicted octanol–water partition coefficient (Wildman–Crippen LogP) is 0.963. The molecule has 0 saturated heterocycles. The van der Waals surface area contributed by atoms with Crippen LogP contribution in [0.15, 0.2) is 24.5 Å². The molecule has 0 radical (unpaired) electrons. The molecule has 1 rings (SSSR count). The Bertz CT molecular complexity index is 312. The summed E-state index contributed by atoms with van der Waals surface area (Å²) >= 11 is 0. The largest absolute Gasteiger partial charge is 0.468 e. The molecule has 0 unspecified atom stereocenters. The number of pyridine rings is 1. The number of hydrogen-bond donors (Lipinski definition) is 0. The first-order valence-electron chi connectivity index (χ1n) is 4.80. The number of ether oxygens (including phenoxy) is 1. The highest BCUT2D eigenvalue weighted by atomic mass is 16.5. The lowest BCUT2D eigenvalue weighted by atomic mass is 10.2. The van der Waals surface area contributed by atoms with Crippen LogP contribution in [0.3, 0.4) is 0 Å². The molecule has 0 bridgehead atoms. The maximum atomic E-state index is 11.2. The Kier molecular flexibility index (Phi) is 7.40. The summed E-state index contributed by atoms with van der Waals surface area (Å²) in [5.74, 6) is -0.0156. The van der Waals surface area contributed by atoms with E-state index in [1.165, 1.54) is 4.90 Å². The van der Waals surface area contributed by atoms with Crippen LogP contribution in [0.1, 0.15) is 17.3 Å². The number of carbonyl (C=O) groups is 2. The van der Waals surface area contributed by atoms with Crippen molar-refractivity contribution in [2.45, 2.75) is 6.92 Å². The average Bonchev–Trinajstić information content (AvgIpc) is 2.31. The lowest BCUT2D eigenvalue weighted by Crippen LogP contribution is -2.21. The number of amides is 1. The Hall–Kier alpha value is -1.91. The fourth-order valence-electron chi connectivity index (χ4n) is 0.816. The lowest BCUT2D eigenvalue weighted by Gasteiger charge is -2.08. The quantitative estimate of drug-likeness (QED) is 0.717. The Balaban J connectivity index is 0.000000385. The van der Waals surface area contributed by atoms with Crippen molar-refractivity contribution >= 4 is 12.4 Å². The van der Waals surface area contributed by atoms with Gasteiger partial charge in [-0.1, -0.05) is 0 Å². The van der Waals surface area contributed by atoms with E-state index in [1.54, 1.807) is 45.5 Å². The highest BCUT2D eigenvalue weighted by Crippen LogP contribution is 1.98. The van der Waals surface area contributed by atoms with Crippen molar-refractivity contribution in [1.82, 2.24) is 9.88 Å². The second-order valence-corrected chi connectivity index (χ2v) is 2.99. The minimum atomic E-state index is -0.0156. The van der Waals surface area contributed by atoms with E-state index in [0.717, 1.165) is 0 Å². The smallest absolute Gasteiger partial charge is 0.293 e. The molecule has 0 atom stereocenters. The summed E-state index contributed by atoms with van der Waals surface area (Å²) in [4.78, 5) is 25.8. The average molecular weight is 224 g/mol. The molecule has 1 amide bonds. The van der Waals surface area contributed by atoms with Crippen LogP contribution in [0.25, 0.3) is 0 Å². The molecule has 5 heteroatoms. The molecule has 0 N–H and O–H groups in total. The third kappa shape index (κ3) is 5.74. The van der Waals surface area contributed by atoms with Gasteiger partial charge in [0, 0.05) is 26.5 Å². The Morgan fingerprint density at radius 3 is 2.56 bits per heavy atom. The van der Waals surface area contributed by atoms with E-state index in [4.69, 9.17) is 0 Å². The number of rotatable bonds is 3. The molecule has 0 saturated carbocycles. The number of nitrogens with zero attached hydrogens (tertiary/aromatic N) is 2. The number of hydrogen-bond acceptors (Lipinski definition) is 4. The van der Waals surface area contributed by atoms with Crippen LogP contribution in [0.2, 0.25) is 0 Å². The maximum absolute atomic E-state index is 11.2. The summed E-state index contributed by atoms with van der Waals surface area (Å²) in [5, 5.41) is 0. The van der Waals surface area contributed by atoms with E-state index < -0.39 is 0 Å². The maximum Gasteiger partial charge on any atom is 0.293 e. The summed E-state index contributed by atoms with van der Waals surface area (Å²) < 4.78 is 4.15. The molecule has 0 aliphatic rings. The normalized spacial score (nSPS) is 8.44. The van der Waals surface area contributed by atoms with Crippen LogP contribution in [0.5, 0.6) is 0 Å². The molecule has 16 heavy (non-hydrogen) atoms. The van der Waals surface area contributed by atoms with Crippen molar-refractivity contribution in [2.75, 3.05) is 20.7 Å². The van der Waals surface area contributed by atoms with Gasteiger partial charge in [-0.05, 0) is 19.1 Å². The molecule has 0 aliphatic heterocycles. The lowest BCUT2D eigenvalue weighted by molar-refractivity contribution is -0.128. The zero-order chi connectivity index (χ0) is 12.4. The van der Waals surface area contributed by atoms with Crippen LogP contribution < -0.4 is 0 Å². The van der Waals surface area contributed by atoms with E-state index >= 15 is 0 Å². The van der Waals surface area contributed by atoms with Gasteiger partial charge in [0.2, 0.25) is 0 Å². The minimum absolute atomic E-state index is 0.0156. The highest BCUT2D eigenvalue weighted by molar-refractivity contribution is 5.93. The summed E-state index contributed by atoms with van der Waals surface area (Å²) in [6, 6.07) is 3.49. The standard InChI is InChI=1S/C8H10N2O.C3H6O2/c1-10(2)8(11)7-4-3-5-9-6-7;1-2-5-3-4/h3-6H,1-2H3;3H,2H2,1H3. The summed E-state index contributed by atoms with van der Waals surface area (Å²) in [7, 11) is 3.44. The molecule has 5 nitrogen and oxygen atoms in total. The zero-order valence-corrected chi connectivity index (χ0v) is 9.71. The summed E-state index contributed by atoms with van der Waals surface area (Å²) in [5.41, 5.74) is 0.623.